The van der Waals surface area contributed by atoms with Crippen molar-refractivity contribution in [3.63, 3.8) is 0 Å². The zero-order valence-electron chi connectivity index (χ0n) is 15.9. The lowest BCUT2D eigenvalue weighted by Gasteiger charge is -2.27. The summed E-state index contributed by atoms with van der Waals surface area (Å²) in [5, 5.41) is 9.97. The standard InChI is InChI=1S/C22H21N5O2/c28-18-8-4-7-17(13-18)19-20-21(25-22(24-19)26-9-11-29-12-10-26)27(15-23-20)14-16-5-2-1-3-6-16/h1-8,13,15,28H,9-12,14H2. The average molecular weight is 387 g/mol. The zero-order chi connectivity index (χ0) is 19.6. The minimum absolute atomic E-state index is 0.200. The number of hydrogen-bond donors (Lipinski definition) is 1. The van der Waals surface area contributed by atoms with Gasteiger partial charge in [-0.2, -0.15) is 4.98 Å². The van der Waals surface area contributed by atoms with Crippen LogP contribution in [0.1, 0.15) is 5.56 Å². The summed E-state index contributed by atoms with van der Waals surface area (Å²) in [6.45, 7) is 3.49. The summed E-state index contributed by atoms with van der Waals surface area (Å²) >= 11 is 0. The van der Waals surface area contributed by atoms with Gasteiger partial charge in [0.2, 0.25) is 5.95 Å². The van der Waals surface area contributed by atoms with E-state index in [1.165, 1.54) is 5.56 Å². The maximum absolute atomic E-state index is 9.97. The van der Waals surface area contributed by atoms with Crippen LogP contribution < -0.4 is 4.90 Å². The summed E-state index contributed by atoms with van der Waals surface area (Å²) in [5.41, 5.74) is 4.22. The molecule has 0 aliphatic carbocycles. The third-order valence-corrected chi connectivity index (χ3v) is 5.06. The fourth-order valence-electron chi connectivity index (χ4n) is 3.59. The minimum atomic E-state index is 0.200. The number of morpholine rings is 1. The number of benzene rings is 2. The van der Waals surface area contributed by atoms with Crippen molar-refractivity contribution in [1.82, 2.24) is 19.5 Å². The van der Waals surface area contributed by atoms with Crippen molar-refractivity contribution in [3.05, 3.63) is 66.5 Å². The van der Waals surface area contributed by atoms with Crippen molar-refractivity contribution in [2.24, 2.45) is 0 Å². The molecule has 1 saturated heterocycles. The minimum Gasteiger partial charge on any atom is -0.508 e. The van der Waals surface area contributed by atoms with Gasteiger partial charge >= 0.3 is 0 Å². The number of hydrogen-bond acceptors (Lipinski definition) is 6. The summed E-state index contributed by atoms with van der Waals surface area (Å²) in [6.07, 6.45) is 1.81. The van der Waals surface area contributed by atoms with E-state index >= 15 is 0 Å². The maximum atomic E-state index is 9.97. The van der Waals surface area contributed by atoms with Gasteiger partial charge in [0, 0.05) is 18.7 Å². The SMILES string of the molecule is Oc1cccc(-c2nc(N3CCOCC3)nc3c2ncn3Cc2ccccc2)c1. The molecule has 4 aromatic rings. The number of phenolic OH excluding ortho intramolecular Hbond substituents is 1. The number of aromatic nitrogens is 4. The van der Waals surface area contributed by atoms with E-state index in [1.807, 2.05) is 41.2 Å². The van der Waals surface area contributed by atoms with E-state index in [1.54, 1.807) is 12.1 Å². The molecule has 5 rings (SSSR count). The van der Waals surface area contributed by atoms with Gasteiger partial charge in [0.05, 0.1) is 26.1 Å². The fourth-order valence-corrected chi connectivity index (χ4v) is 3.59. The highest BCUT2D eigenvalue weighted by atomic mass is 16.5. The highest BCUT2D eigenvalue weighted by molar-refractivity contribution is 5.88. The van der Waals surface area contributed by atoms with E-state index in [2.05, 4.69) is 22.0 Å². The molecular formula is C22H21N5O2. The third kappa shape index (κ3) is 3.52. The van der Waals surface area contributed by atoms with Crippen LogP contribution in [-0.4, -0.2) is 50.9 Å². The van der Waals surface area contributed by atoms with Gasteiger partial charge in [-0.1, -0.05) is 42.5 Å². The first-order chi connectivity index (χ1) is 14.3. The predicted molar refractivity (Wildman–Crippen MR) is 111 cm³/mol. The molecule has 0 atom stereocenters. The topological polar surface area (TPSA) is 76.3 Å². The lowest BCUT2D eigenvalue weighted by atomic mass is 10.1. The molecule has 146 valence electrons. The molecule has 0 spiro atoms. The first-order valence-electron chi connectivity index (χ1n) is 9.67. The van der Waals surface area contributed by atoms with Gasteiger partial charge < -0.3 is 19.3 Å². The van der Waals surface area contributed by atoms with E-state index in [4.69, 9.17) is 14.7 Å². The molecule has 0 amide bonds. The zero-order valence-corrected chi connectivity index (χ0v) is 15.9. The fraction of sp³-hybridized carbons (Fsp3) is 0.227. The number of phenols is 1. The maximum Gasteiger partial charge on any atom is 0.228 e. The third-order valence-electron chi connectivity index (χ3n) is 5.06. The molecule has 0 bridgehead atoms. The van der Waals surface area contributed by atoms with E-state index in [-0.39, 0.29) is 5.75 Å². The Hall–Kier alpha value is -3.45. The van der Waals surface area contributed by atoms with Gasteiger partial charge in [-0.15, -0.1) is 0 Å². The summed E-state index contributed by atoms with van der Waals surface area (Å²) in [7, 11) is 0. The van der Waals surface area contributed by atoms with E-state index in [9.17, 15) is 5.11 Å². The highest BCUT2D eigenvalue weighted by Crippen LogP contribution is 2.30. The molecule has 2 aromatic heterocycles. The average Bonchev–Trinajstić information content (AvgIpc) is 3.17. The van der Waals surface area contributed by atoms with Gasteiger partial charge in [0.25, 0.3) is 0 Å². The van der Waals surface area contributed by atoms with Crippen molar-refractivity contribution < 1.29 is 9.84 Å². The van der Waals surface area contributed by atoms with Crippen LogP contribution in [0.5, 0.6) is 5.75 Å². The molecule has 29 heavy (non-hydrogen) atoms. The Bertz CT molecular complexity index is 1140. The summed E-state index contributed by atoms with van der Waals surface area (Å²) in [6, 6.07) is 17.3. The van der Waals surface area contributed by atoms with Crippen molar-refractivity contribution in [1.29, 1.82) is 0 Å². The molecular weight excluding hydrogens is 366 g/mol. The van der Waals surface area contributed by atoms with E-state index in [0.29, 0.717) is 25.7 Å². The molecule has 1 aliphatic heterocycles. The van der Waals surface area contributed by atoms with Crippen LogP contribution in [0.2, 0.25) is 0 Å². The Morgan fingerprint density at radius 3 is 2.59 bits per heavy atom. The number of aromatic hydroxyl groups is 1. The van der Waals surface area contributed by atoms with Crippen molar-refractivity contribution >= 4 is 17.1 Å². The van der Waals surface area contributed by atoms with Gasteiger partial charge in [0.1, 0.15) is 17.0 Å². The molecule has 0 unspecified atom stereocenters. The van der Waals surface area contributed by atoms with Crippen LogP contribution in [-0.2, 0) is 11.3 Å². The second-order valence-corrected chi connectivity index (χ2v) is 7.05. The summed E-state index contributed by atoms with van der Waals surface area (Å²) < 4.78 is 7.52. The molecule has 0 radical (unpaired) electrons. The molecule has 7 nitrogen and oxygen atoms in total. The molecule has 3 heterocycles. The van der Waals surface area contributed by atoms with Gasteiger partial charge in [-0.25, -0.2) is 9.97 Å². The van der Waals surface area contributed by atoms with Crippen molar-refractivity contribution in [2.75, 3.05) is 31.2 Å². The first-order valence-corrected chi connectivity index (χ1v) is 9.67. The number of nitrogens with zero attached hydrogens (tertiary/aromatic N) is 5. The van der Waals surface area contributed by atoms with Gasteiger partial charge in [0.15, 0.2) is 5.65 Å². The number of rotatable bonds is 4. The van der Waals surface area contributed by atoms with Gasteiger partial charge in [-0.05, 0) is 17.7 Å². The number of fused-ring (bicyclic) bond motifs is 1. The summed E-state index contributed by atoms with van der Waals surface area (Å²) in [4.78, 5) is 16.4. The Morgan fingerprint density at radius 1 is 0.966 bits per heavy atom. The normalized spacial score (nSPS) is 14.4. The lowest BCUT2D eigenvalue weighted by molar-refractivity contribution is 0.122. The van der Waals surface area contributed by atoms with Gasteiger partial charge in [-0.3, -0.25) is 0 Å². The number of imidazole rings is 1. The Balaban J connectivity index is 1.66. The van der Waals surface area contributed by atoms with Crippen molar-refractivity contribution in [3.8, 4) is 17.0 Å². The Kier molecular flexibility index (Phi) is 4.57. The Morgan fingerprint density at radius 2 is 1.79 bits per heavy atom. The molecule has 0 saturated carbocycles. The Labute approximate surface area is 168 Å². The smallest absolute Gasteiger partial charge is 0.228 e. The second kappa shape index (κ2) is 7.52. The summed E-state index contributed by atoms with van der Waals surface area (Å²) in [5.74, 6) is 0.861. The van der Waals surface area contributed by atoms with Crippen LogP contribution in [0.4, 0.5) is 5.95 Å². The van der Waals surface area contributed by atoms with Crippen LogP contribution >= 0.6 is 0 Å². The molecule has 7 heteroatoms. The quantitative estimate of drug-likeness (QED) is 0.580. The van der Waals surface area contributed by atoms with E-state index in [0.717, 1.165) is 35.5 Å². The number of anilines is 1. The predicted octanol–water partition coefficient (Wildman–Crippen LogP) is 3.08. The first kappa shape index (κ1) is 17.6. The highest BCUT2D eigenvalue weighted by Gasteiger charge is 2.20. The molecule has 2 aromatic carbocycles. The van der Waals surface area contributed by atoms with Crippen LogP contribution in [0.3, 0.4) is 0 Å². The van der Waals surface area contributed by atoms with Crippen LogP contribution in [0.25, 0.3) is 22.4 Å². The largest absolute Gasteiger partial charge is 0.508 e. The monoisotopic (exact) mass is 387 g/mol. The molecule has 1 N–H and O–H groups in total. The van der Waals surface area contributed by atoms with Crippen molar-refractivity contribution in [2.45, 2.75) is 6.54 Å². The van der Waals surface area contributed by atoms with E-state index < -0.39 is 0 Å². The second-order valence-electron chi connectivity index (χ2n) is 7.05. The number of ether oxygens (including phenoxy) is 1. The van der Waals surface area contributed by atoms with Crippen LogP contribution in [0.15, 0.2) is 60.9 Å². The molecule has 1 aliphatic rings. The van der Waals surface area contributed by atoms with Crippen LogP contribution in [0, 0.1) is 0 Å². The molecule has 1 fully saturated rings. The lowest BCUT2D eigenvalue weighted by Crippen LogP contribution is -2.37.